The molecule has 56 heavy (non-hydrogen) atoms. The SMILES string of the molecule is Cc1c(C(=O)NC2(C(F)F)CC2)cc(Nc2nc(-c3cnc4c(c3)N(C3CC(C)(N5C[C@H]6COC[C@H]6C5)C3)C(=O)C4(C)C)cc3ncn(C(C)C)c23)c(F)c1F. The number of anilines is 3. The van der Waals surface area contributed by atoms with Gasteiger partial charge in [0.1, 0.15) is 11.1 Å². The average Bonchev–Trinajstić information content (AvgIpc) is 3.41. The molecule has 0 bridgehead atoms. The van der Waals surface area contributed by atoms with Crippen LogP contribution in [0.2, 0.25) is 0 Å². The van der Waals surface area contributed by atoms with Gasteiger partial charge in [0.25, 0.3) is 12.3 Å². The van der Waals surface area contributed by atoms with Crippen molar-refractivity contribution in [3.63, 3.8) is 0 Å². The summed E-state index contributed by atoms with van der Waals surface area (Å²) in [6.07, 6.45) is 2.36. The molecule has 5 aliphatic rings. The summed E-state index contributed by atoms with van der Waals surface area (Å²) < 4.78 is 66.1. The number of rotatable bonds is 9. The zero-order chi connectivity index (χ0) is 39.6. The van der Waals surface area contributed by atoms with Crippen molar-refractivity contribution in [3.05, 3.63) is 59.2 Å². The number of carbonyl (C=O) groups excluding carboxylic acids is 2. The smallest absolute Gasteiger partial charge is 0.261 e. The monoisotopic (exact) mass is 774 g/mol. The minimum atomic E-state index is -2.80. The minimum absolute atomic E-state index is 0.00235. The van der Waals surface area contributed by atoms with E-state index in [0.29, 0.717) is 39.8 Å². The molecule has 4 fully saturated rings. The first-order valence-electron chi connectivity index (χ1n) is 19.4. The minimum Gasteiger partial charge on any atom is -0.381 e. The highest BCUT2D eigenvalue weighted by molar-refractivity contribution is 6.08. The summed E-state index contributed by atoms with van der Waals surface area (Å²) in [7, 11) is 0. The van der Waals surface area contributed by atoms with Crippen LogP contribution in [0.3, 0.4) is 0 Å². The van der Waals surface area contributed by atoms with Gasteiger partial charge in [0.15, 0.2) is 17.5 Å². The first kappa shape index (κ1) is 37.0. The number of hydrogen-bond acceptors (Lipinski definition) is 8. The van der Waals surface area contributed by atoms with Crippen molar-refractivity contribution >= 4 is 40.0 Å². The fourth-order valence-electron chi connectivity index (χ4n) is 9.34. The number of likely N-dealkylation sites (tertiary alicyclic amines) is 1. The van der Waals surface area contributed by atoms with Gasteiger partial charge >= 0.3 is 0 Å². The zero-order valence-electron chi connectivity index (χ0n) is 32.4. The quantitative estimate of drug-likeness (QED) is 0.174. The maximum Gasteiger partial charge on any atom is 0.261 e. The van der Waals surface area contributed by atoms with Crippen molar-refractivity contribution in [2.24, 2.45) is 11.8 Å². The number of imidazole rings is 1. The molecule has 15 heteroatoms. The highest BCUT2D eigenvalue weighted by atomic mass is 19.3. The standard InChI is InChI=1S/C41H46F4N8O3/c1-20(2)52-19-47-29-11-27(48-35(33(29)52)49-28-10-26(21(3)31(42)32(28)43)36(54)50-41(7-8-41)37(44)45)22-9-30-34(46-14-22)39(4,5)38(55)53(30)25-12-40(6,13-25)51-15-23-17-56-18-24(23)16-51/h9-11,14,19-20,23-25,37H,7-8,12-13,15-18H2,1-6H3,(H,48,49)(H,50,54)/t23-,24+,25?,40?. The average molecular weight is 775 g/mol. The molecule has 2 saturated heterocycles. The molecule has 2 atom stereocenters. The van der Waals surface area contributed by atoms with E-state index in [1.165, 1.54) is 6.92 Å². The summed E-state index contributed by atoms with van der Waals surface area (Å²) >= 11 is 0. The van der Waals surface area contributed by atoms with Crippen LogP contribution in [0.1, 0.15) is 88.0 Å². The van der Waals surface area contributed by atoms with Gasteiger partial charge in [-0.25, -0.2) is 27.5 Å². The molecule has 0 spiro atoms. The van der Waals surface area contributed by atoms with Crippen LogP contribution in [0.25, 0.3) is 22.3 Å². The number of ether oxygens (including phenoxy) is 1. The number of halogens is 4. The number of carbonyl (C=O) groups is 2. The van der Waals surface area contributed by atoms with E-state index >= 15 is 8.78 Å². The van der Waals surface area contributed by atoms with Crippen LogP contribution >= 0.6 is 0 Å². The molecule has 2 aliphatic carbocycles. The molecule has 2 saturated carbocycles. The maximum atomic E-state index is 15.7. The lowest BCUT2D eigenvalue weighted by Crippen LogP contribution is -2.63. The second-order valence-electron chi connectivity index (χ2n) is 17.6. The van der Waals surface area contributed by atoms with Crippen LogP contribution in [-0.2, 0) is 14.9 Å². The third kappa shape index (κ3) is 5.62. The van der Waals surface area contributed by atoms with Gasteiger partial charge < -0.3 is 24.8 Å². The van der Waals surface area contributed by atoms with E-state index in [2.05, 4.69) is 27.4 Å². The van der Waals surface area contributed by atoms with Crippen LogP contribution < -0.4 is 15.5 Å². The summed E-state index contributed by atoms with van der Waals surface area (Å²) in [5, 5.41) is 5.27. The Morgan fingerprint density at radius 1 is 1.00 bits per heavy atom. The number of fused-ring (bicyclic) bond motifs is 3. The van der Waals surface area contributed by atoms with Crippen molar-refractivity contribution in [2.45, 2.75) is 102 Å². The topological polar surface area (TPSA) is 118 Å². The molecule has 11 nitrogen and oxygen atoms in total. The molecule has 296 valence electrons. The van der Waals surface area contributed by atoms with Crippen molar-refractivity contribution in [1.82, 2.24) is 29.7 Å². The van der Waals surface area contributed by atoms with Crippen molar-refractivity contribution < 1.29 is 31.9 Å². The number of hydrogen-bond donors (Lipinski definition) is 2. The van der Waals surface area contributed by atoms with Crippen LogP contribution in [-0.4, -0.2) is 86.1 Å². The molecule has 9 rings (SSSR count). The molecule has 3 aliphatic heterocycles. The summed E-state index contributed by atoms with van der Waals surface area (Å²) in [5.74, 6) is -2.19. The highest BCUT2D eigenvalue weighted by Crippen LogP contribution is 2.51. The van der Waals surface area contributed by atoms with Gasteiger partial charge in [-0.3, -0.25) is 19.5 Å². The third-order valence-corrected chi connectivity index (χ3v) is 13.1. The molecule has 1 aromatic carbocycles. The Morgan fingerprint density at radius 2 is 1.70 bits per heavy atom. The van der Waals surface area contributed by atoms with Crippen LogP contribution in [0.4, 0.5) is 34.8 Å². The second kappa shape index (κ2) is 12.7. The highest BCUT2D eigenvalue weighted by Gasteiger charge is 2.57. The Kier molecular flexibility index (Phi) is 8.38. The zero-order valence-corrected chi connectivity index (χ0v) is 32.4. The van der Waals surface area contributed by atoms with E-state index < -0.39 is 40.6 Å². The summed E-state index contributed by atoms with van der Waals surface area (Å²) in [5.41, 5.74) is -0.0616. The van der Waals surface area contributed by atoms with Crippen molar-refractivity contribution in [3.8, 4) is 11.3 Å². The van der Waals surface area contributed by atoms with E-state index in [4.69, 9.17) is 14.7 Å². The number of pyridine rings is 2. The normalized spacial score (nSPS) is 26.2. The molecule has 3 aromatic heterocycles. The lowest BCUT2D eigenvalue weighted by atomic mass is 9.71. The largest absolute Gasteiger partial charge is 0.381 e. The molecule has 2 N–H and O–H groups in total. The predicted molar refractivity (Wildman–Crippen MR) is 202 cm³/mol. The molecule has 0 radical (unpaired) electrons. The van der Waals surface area contributed by atoms with Gasteiger partial charge in [-0.05, 0) is 85.4 Å². The molecular formula is C41H46F4N8O3. The number of nitrogens with zero attached hydrogens (tertiary/aromatic N) is 6. The molecule has 4 aromatic rings. The number of aromatic nitrogens is 4. The van der Waals surface area contributed by atoms with Gasteiger partial charge in [-0.2, -0.15) is 0 Å². The van der Waals surface area contributed by atoms with Gasteiger partial charge in [-0.1, -0.05) is 0 Å². The fraction of sp³-hybridized carbons (Fsp3) is 0.537. The Labute approximate surface area is 322 Å². The fourth-order valence-corrected chi connectivity index (χ4v) is 9.34. The lowest BCUT2D eigenvalue weighted by Gasteiger charge is -2.54. The van der Waals surface area contributed by atoms with Crippen LogP contribution in [0.15, 0.2) is 30.7 Å². The summed E-state index contributed by atoms with van der Waals surface area (Å²) in [6.45, 7) is 14.9. The van der Waals surface area contributed by atoms with Gasteiger partial charge in [0.05, 0.1) is 53.2 Å². The van der Waals surface area contributed by atoms with Crippen molar-refractivity contribution in [2.75, 3.05) is 36.5 Å². The molecule has 6 heterocycles. The number of alkyl halides is 2. The van der Waals surface area contributed by atoms with E-state index in [-0.39, 0.29) is 53.3 Å². The number of nitrogens with one attached hydrogen (secondary N) is 2. The van der Waals surface area contributed by atoms with Crippen LogP contribution in [0, 0.1) is 30.4 Å². The second-order valence-corrected chi connectivity index (χ2v) is 17.6. The molecular weight excluding hydrogens is 728 g/mol. The first-order chi connectivity index (χ1) is 26.5. The van der Waals surface area contributed by atoms with E-state index in [1.54, 1.807) is 18.6 Å². The summed E-state index contributed by atoms with van der Waals surface area (Å²) in [4.78, 5) is 46.2. The van der Waals surface area contributed by atoms with E-state index in [1.807, 2.05) is 43.2 Å². The Balaban J connectivity index is 1.07. The third-order valence-electron chi connectivity index (χ3n) is 13.1. The van der Waals surface area contributed by atoms with Crippen LogP contribution in [0.5, 0.6) is 0 Å². The summed E-state index contributed by atoms with van der Waals surface area (Å²) in [6, 6.07) is 4.73. The number of benzene rings is 1. The van der Waals surface area contributed by atoms with E-state index in [0.717, 1.165) is 50.9 Å². The lowest BCUT2D eigenvalue weighted by molar-refractivity contribution is -0.123. The molecule has 2 amide bonds. The first-order valence-corrected chi connectivity index (χ1v) is 19.4. The number of amides is 2. The Bertz CT molecular complexity index is 2290. The van der Waals surface area contributed by atoms with Gasteiger partial charge in [0.2, 0.25) is 5.91 Å². The van der Waals surface area contributed by atoms with Gasteiger partial charge in [-0.15, -0.1) is 0 Å². The van der Waals surface area contributed by atoms with Gasteiger partial charge in [0, 0.05) is 65.4 Å². The molecule has 0 unspecified atom stereocenters. The Morgan fingerprint density at radius 3 is 2.34 bits per heavy atom. The Hall–Kier alpha value is -4.63. The van der Waals surface area contributed by atoms with E-state index in [9.17, 15) is 18.4 Å². The van der Waals surface area contributed by atoms with Crippen molar-refractivity contribution in [1.29, 1.82) is 0 Å². The predicted octanol–water partition coefficient (Wildman–Crippen LogP) is 7.06. The maximum absolute atomic E-state index is 15.7.